The predicted molar refractivity (Wildman–Crippen MR) is 116 cm³/mol. The maximum Gasteiger partial charge on any atom is 0.333 e. The lowest BCUT2D eigenvalue weighted by Gasteiger charge is -2.43. The summed E-state index contributed by atoms with van der Waals surface area (Å²) in [5.74, 6) is 1.03. The molecular weight excluding hydrogens is 380 g/mol. The molecule has 5 nitrogen and oxygen atoms in total. The Hall–Kier alpha value is -1.43. The van der Waals surface area contributed by atoms with E-state index in [0.717, 1.165) is 36.7 Å². The predicted octanol–water partition coefficient (Wildman–Crippen LogP) is 4.79. The van der Waals surface area contributed by atoms with E-state index in [1.165, 1.54) is 37.3 Å². The van der Waals surface area contributed by atoms with Crippen LogP contribution in [-0.4, -0.2) is 34.9 Å². The Bertz CT molecular complexity index is 717. The zero-order valence-electron chi connectivity index (χ0n) is 18.9. The standard InChI is InChI=1S/C25H38O5/c1-16(10-12-20-17(2)8-6-14-25(20,3)4)7-5-9-18-11-13-21(29-23(18)27)19-15-22(26)30-24(19)28/h7,11,15,17,20-21,23-24,27-28H,5-6,8-10,12-14H2,1-4H3/b16-7+/t17?,20?,21-,23-,24+/m1/s1. The monoisotopic (exact) mass is 418 g/mol. The molecule has 1 saturated carbocycles. The van der Waals surface area contributed by atoms with Crippen LogP contribution in [0, 0.1) is 17.3 Å². The van der Waals surface area contributed by atoms with Gasteiger partial charge in [0.1, 0.15) is 0 Å². The minimum absolute atomic E-state index is 0.380. The molecule has 5 atom stereocenters. The highest BCUT2D eigenvalue weighted by Gasteiger charge is 2.36. The molecule has 0 aromatic carbocycles. The SMILES string of the molecule is C/C(=C\CCC1=CC[C@H](C2=CC(=O)O[C@@H]2O)O[C@H]1O)CCC1C(C)CCCC1(C)C. The normalized spacial score (nSPS) is 34.4. The van der Waals surface area contributed by atoms with Gasteiger partial charge in [0.15, 0.2) is 6.29 Å². The molecule has 0 aromatic heterocycles. The number of aliphatic hydroxyl groups is 2. The van der Waals surface area contributed by atoms with Crippen LogP contribution in [-0.2, 0) is 14.3 Å². The second-order valence-corrected chi connectivity index (χ2v) is 10.0. The van der Waals surface area contributed by atoms with E-state index in [0.29, 0.717) is 17.4 Å². The van der Waals surface area contributed by atoms with Gasteiger partial charge in [-0.1, -0.05) is 51.3 Å². The Labute approximate surface area is 180 Å². The number of rotatable bonds is 7. The zero-order chi connectivity index (χ0) is 21.9. The molecule has 0 bridgehead atoms. The Morgan fingerprint density at radius 3 is 2.70 bits per heavy atom. The van der Waals surface area contributed by atoms with E-state index in [1.54, 1.807) is 0 Å². The highest BCUT2D eigenvalue weighted by atomic mass is 16.6. The topological polar surface area (TPSA) is 76.0 Å². The van der Waals surface area contributed by atoms with E-state index in [-0.39, 0.29) is 0 Å². The number of ether oxygens (including phenoxy) is 2. The van der Waals surface area contributed by atoms with Crippen molar-refractivity contribution >= 4 is 5.97 Å². The van der Waals surface area contributed by atoms with E-state index in [9.17, 15) is 15.0 Å². The maximum atomic E-state index is 11.3. The first-order valence-corrected chi connectivity index (χ1v) is 11.5. The molecule has 0 saturated heterocycles. The number of carbonyl (C=O) groups excluding carboxylic acids is 1. The van der Waals surface area contributed by atoms with Crippen molar-refractivity contribution < 1.29 is 24.5 Å². The highest BCUT2D eigenvalue weighted by molar-refractivity contribution is 5.85. The van der Waals surface area contributed by atoms with Crippen LogP contribution in [0.15, 0.2) is 34.9 Å². The van der Waals surface area contributed by atoms with Gasteiger partial charge in [-0.25, -0.2) is 4.79 Å². The van der Waals surface area contributed by atoms with E-state index in [2.05, 4.69) is 33.8 Å². The molecule has 0 amide bonds. The van der Waals surface area contributed by atoms with Gasteiger partial charge in [0.2, 0.25) is 6.29 Å². The van der Waals surface area contributed by atoms with E-state index >= 15 is 0 Å². The smallest absolute Gasteiger partial charge is 0.333 e. The molecule has 5 heteroatoms. The summed E-state index contributed by atoms with van der Waals surface area (Å²) >= 11 is 0. The van der Waals surface area contributed by atoms with Crippen molar-refractivity contribution in [1.82, 2.24) is 0 Å². The van der Waals surface area contributed by atoms with Gasteiger partial charge in [-0.05, 0) is 68.3 Å². The van der Waals surface area contributed by atoms with Gasteiger partial charge < -0.3 is 19.7 Å². The molecule has 0 aromatic rings. The fraction of sp³-hybridized carbons (Fsp3) is 0.720. The molecule has 1 aliphatic carbocycles. The fourth-order valence-corrected chi connectivity index (χ4v) is 5.45. The summed E-state index contributed by atoms with van der Waals surface area (Å²) in [7, 11) is 0. The Kier molecular flexibility index (Phi) is 7.59. The maximum absolute atomic E-state index is 11.3. The van der Waals surface area contributed by atoms with Crippen LogP contribution in [0.3, 0.4) is 0 Å². The van der Waals surface area contributed by atoms with Crippen LogP contribution in [0.2, 0.25) is 0 Å². The van der Waals surface area contributed by atoms with Crippen LogP contribution < -0.4 is 0 Å². The number of carbonyl (C=O) groups is 1. The van der Waals surface area contributed by atoms with Crippen molar-refractivity contribution in [2.45, 2.75) is 97.7 Å². The van der Waals surface area contributed by atoms with Gasteiger partial charge in [-0.15, -0.1) is 0 Å². The Balaban J connectivity index is 1.46. The quantitative estimate of drug-likeness (QED) is 0.459. The average Bonchev–Trinajstić information content (AvgIpc) is 3.00. The second kappa shape index (κ2) is 9.80. The minimum atomic E-state index is -1.27. The first kappa shape index (κ1) is 23.2. The molecule has 30 heavy (non-hydrogen) atoms. The van der Waals surface area contributed by atoms with Crippen LogP contribution in [0.1, 0.15) is 79.1 Å². The molecule has 0 radical (unpaired) electrons. The van der Waals surface area contributed by atoms with Gasteiger partial charge in [-0.3, -0.25) is 0 Å². The van der Waals surface area contributed by atoms with E-state index < -0.39 is 24.7 Å². The number of cyclic esters (lactones) is 1. The molecule has 3 rings (SSSR count). The summed E-state index contributed by atoms with van der Waals surface area (Å²) in [4.78, 5) is 11.3. The lowest BCUT2D eigenvalue weighted by atomic mass is 9.62. The van der Waals surface area contributed by atoms with Crippen LogP contribution >= 0.6 is 0 Å². The lowest BCUT2D eigenvalue weighted by molar-refractivity contribution is -0.155. The Morgan fingerprint density at radius 1 is 1.30 bits per heavy atom. The molecule has 2 unspecified atom stereocenters. The molecule has 2 N–H and O–H groups in total. The van der Waals surface area contributed by atoms with Crippen LogP contribution in [0.5, 0.6) is 0 Å². The largest absolute Gasteiger partial charge is 0.429 e. The average molecular weight is 419 g/mol. The van der Waals surface area contributed by atoms with Crippen molar-refractivity contribution in [3.8, 4) is 0 Å². The Morgan fingerprint density at radius 2 is 2.07 bits per heavy atom. The molecule has 3 aliphatic rings. The number of hydrogen-bond donors (Lipinski definition) is 2. The van der Waals surface area contributed by atoms with Crippen LogP contribution in [0.25, 0.3) is 0 Å². The summed E-state index contributed by atoms with van der Waals surface area (Å²) in [5.41, 5.74) is 3.10. The first-order valence-electron chi connectivity index (χ1n) is 11.5. The van der Waals surface area contributed by atoms with Gasteiger partial charge >= 0.3 is 5.97 Å². The zero-order valence-corrected chi connectivity index (χ0v) is 18.9. The number of esters is 1. The van der Waals surface area contributed by atoms with Gasteiger partial charge in [0.25, 0.3) is 0 Å². The molecule has 2 aliphatic heterocycles. The van der Waals surface area contributed by atoms with Gasteiger partial charge in [-0.2, -0.15) is 0 Å². The number of hydrogen-bond acceptors (Lipinski definition) is 5. The van der Waals surface area contributed by atoms with Crippen molar-refractivity contribution in [2.24, 2.45) is 17.3 Å². The third-order valence-electron chi connectivity index (χ3n) is 7.32. The summed E-state index contributed by atoms with van der Waals surface area (Å²) in [6.07, 6.45) is 11.3. The molecule has 0 spiro atoms. The van der Waals surface area contributed by atoms with Gasteiger partial charge in [0, 0.05) is 11.6 Å². The van der Waals surface area contributed by atoms with E-state index in [1.807, 2.05) is 6.08 Å². The van der Waals surface area contributed by atoms with Gasteiger partial charge in [0.05, 0.1) is 6.10 Å². The fourth-order valence-electron chi connectivity index (χ4n) is 5.45. The van der Waals surface area contributed by atoms with E-state index in [4.69, 9.17) is 9.47 Å². The van der Waals surface area contributed by atoms with Crippen molar-refractivity contribution in [2.75, 3.05) is 0 Å². The van der Waals surface area contributed by atoms with Crippen molar-refractivity contribution in [1.29, 1.82) is 0 Å². The summed E-state index contributed by atoms with van der Waals surface area (Å²) in [5, 5.41) is 20.1. The third kappa shape index (κ3) is 5.63. The molecule has 2 heterocycles. The van der Waals surface area contributed by atoms with Crippen LogP contribution in [0.4, 0.5) is 0 Å². The first-order chi connectivity index (χ1) is 14.2. The molecule has 168 valence electrons. The van der Waals surface area contributed by atoms with Crippen molar-refractivity contribution in [3.05, 3.63) is 34.9 Å². The highest BCUT2D eigenvalue weighted by Crippen LogP contribution is 2.46. The summed E-state index contributed by atoms with van der Waals surface area (Å²) in [6, 6.07) is 0. The van der Waals surface area contributed by atoms with Crippen molar-refractivity contribution in [3.63, 3.8) is 0 Å². The second-order valence-electron chi connectivity index (χ2n) is 10.0. The lowest BCUT2D eigenvalue weighted by Crippen LogP contribution is -2.33. The number of allylic oxidation sites excluding steroid dienone is 2. The minimum Gasteiger partial charge on any atom is -0.429 e. The molecule has 1 fully saturated rings. The number of aliphatic hydroxyl groups excluding tert-OH is 2. The third-order valence-corrected chi connectivity index (χ3v) is 7.32. The summed E-state index contributed by atoms with van der Waals surface area (Å²) in [6.45, 7) is 9.49. The summed E-state index contributed by atoms with van der Waals surface area (Å²) < 4.78 is 10.3. The molecular formula is C25H38O5.